The van der Waals surface area contributed by atoms with Crippen LogP contribution in [0, 0.1) is 11.6 Å². The molecule has 3 aromatic rings. The van der Waals surface area contributed by atoms with Crippen LogP contribution >= 0.6 is 11.8 Å². The molecule has 7 heteroatoms. The molecule has 2 aromatic carbocycles. The van der Waals surface area contributed by atoms with Crippen LogP contribution < -0.4 is 0 Å². The summed E-state index contributed by atoms with van der Waals surface area (Å²) in [5.74, 6) is -1.77. The molecule has 1 heterocycles. The number of hydrogen-bond acceptors (Lipinski definition) is 5. The van der Waals surface area contributed by atoms with Crippen molar-refractivity contribution in [1.29, 1.82) is 0 Å². The fraction of sp³-hybridized carbons (Fsp3) is 0.0625. The van der Waals surface area contributed by atoms with Crippen molar-refractivity contribution < 1.29 is 18.0 Å². The van der Waals surface area contributed by atoms with Crippen molar-refractivity contribution in [3.63, 3.8) is 0 Å². The van der Waals surface area contributed by atoms with Crippen molar-refractivity contribution in [2.24, 2.45) is 0 Å². The van der Waals surface area contributed by atoms with Crippen molar-refractivity contribution in [1.82, 2.24) is 10.2 Å². The number of thioether (sulfide) groups is 1. The van der Waals surface area contributed by atoms with Crippen molar-refractivity contribution in [2.45, 2.75) is 5.22 Å². The maximum absolute atomic E-state index is 13.5. The highest BCUT2D eigenvalue weighted by atomic mass is 32.2. The molecule has 0 spiro atoms. The first-order valence-electron chi connectivity index (χ1n) is 6.63. The highest BCUT2D eigenvalue weighted by Crippen LogP contribution is 2.24. The lowest BCUT2D eigenvalue weighted by Crippen LogP contribution is -2.06. The Bertz CT molecular complexity index is 837. The Morgan fingerprint density at radius 2 is 1.87 bits per heavy atom. The van der Waals surface area contributed by atoms with E-state index in [9.17, 15) is 13.6 Å². The predicted molar refractivity (Wildman–Crippen MR) is 81.1 cm³/mol. The SMILES string of the molecule is O=C(CSc1nnc(-c2ccccc2)o1)c1cc(F)ccc1F. The maximum atomic E-state index is 13.5. The zero-order chi connectivity index (χ0) is 16.2. The fourth-order valence-corrected chi connectivity index (χ4v) is 2.53. The van der Waals surface area contributed by atoms with Gasteiger partial charge in [-0.1, -0.05) is 30.0 Å². The molecular weight excluding hydrogens is 322 g/mol. The average molecular weight is 332 g/mol. The molecule has 0 bridgehead atoms. The predicted octanol–water partition coefficient (Wildman–Crippen LogP) is 3.99. The normalized spacial score (nSPS) is 10.7. The first-order valence-corrected chi connectivity index (χ1v) is 7.62. The summed E-state index contributed by atoms with van der Waals surface area (Å²) in [6, 6.07) is 11.9. The van der Waals surface area contributed by atoms with E-state index in [-0.39, 0.29) is 16.5 Å². The molecular formula is C16H10F2N2O2S. The Hall–Kier alpha value is -2.54. The Kier molecular flexibility index (Phi) is 4.47. The van der Waals surface area contributed by atoms with E-state index < -0.39 is 17.4 Å². The largest absolute Gasteiger partial charge is 0.411 e. The van der Waals surface area contributed by atoms with Crippen LogP contribution in [-0.4, -0.2) is 21.7 Å². The molecule has 0 unspecified atom stereocenters. The number of Topliss-reactive ketones (excluding diaryl/α,β-unsaturated/α-hetero) is 1. The van der Waals surface area contributed by atoms with Gasteiger partial charge < -0.3 is 4.42 Å². The molecule has 0 saturated heterocycles. The van der Waals surface area contributed by atoms with Crippen molar-refractivity contribution in [3.8, 4) is 11.5 Å². The van der Waals surface area contributed by atoms with Gasteiger partial charge in [0.05, 0.1) is 11.3 Å². The number of hydrogen-bond donors (Lipinski definition) is 0. The zero-order valence-corrected chi connectivity index (χ0v) is 12.5. The fourth-order valence-electron chi connectivity index (χ4n) is 1.88. The van der Waals surface area contributed by atoms with Gasteiger partial charge in [-0.2, -0.15) is 0 Å². The highest BCUT2D eigenvalue weighted by Gasteiger charge is 2.15. The van der Waals surface area contributed by atoms with Crippen LogP contribution in [-0.2, 0) is 0 Å². The third-order valence-corrected chi connectivity index (χ3v) is 3.80. The second kappa shape index (κ2) is 6.70. The number of aromatic nitrogens is 2. The first-order chi connectivity index (χ1) is 11.1. The first kappa shape index (κ1) is 15.4. The quantitative estimate of drug-likeness (QED) is 0.522. The molecule has 0 aliphatic rings. The second-order valence-corrected chi connectivity index (χ2v) is 5.50. The van der Waals surface area contributed by atoms with Gasteiger partial charge >= 0.3 is 0 Å². The van der Waals surface area contributed by atoms with Crippen molar-refractivity contribution >= 4 is 17.5 Å². The molecule has 0 amide bonds. The van der Waals surface area contributed by atoms with Crippen LogP contribution in [0.25, 0.3) is 11.5 Å². The summed E-state index contributed by atoms with van der Waals surface area (Å²) >= 11 is 0.974. The van der Waals surface area contributed by atoms with E-state index in [4.69, 9.17) is 4.42 Å². The second-order valence-electron chi connectivity index (χ2n) is 4.58. The molecule has 1 aromatic heterocycles. The highest BCUT2D eigenvalue weighted by molar-refractivity contribution is 7.99. The van der Waals surface area contributed by atoms with Gasteiger partial charge in [-0.05, 0) is 30.3 Å². The molecule has 0 N–H and O–H groups in total. The molecule has 4 nitrogen and oxygen atoms in total. The standard InChI is InChI=1S/C16H10F2N2O2S/c17-11-6-7-13(18)12(8-11)14(21)9-23-16-20-19-15(22-16)10-4-2-1-3-5-10/h1-8H,9H2. The van der Waals surface area contributed by atoms with E-state index >= 15 is 0 Å². The third-order valence-electron chi connectivity index (χ3n) is 2.98. The number of carbonyl (C=O) groups excluding carboxylic acids is 1. The number of benzene rings is 2. The van der Waals surface area contributed by atoms with Gasteiger partial charge in [0.25, 0.3) is 5.22 Å². The third kappa shape index (κ3) is 3.62. The average Bonchev–Trinajstić information content (AvgIpc) is 3.05. The molecule has 116 valence electrons. The monoisotopic (exact) mass is 332 g/mol. The van der Waals surface area contributed by atoms with Gasteiger partial charge in [0.2, 0.25) is 5.89 Å². The Morgan fingerprint density at radius 3 is 2.65 bits per heavy atom. The topological polar surface area (TPSA) is 56.0 Å². The van der Waals surface area contributed by atoms with E-state index in [1.165, 1.54) is 0 Å². The number of carbonyl (C=O) groups is 1. The van der Waals surface area contributed by atoms with Gasteiger partial charge in [0.15, 0.2) is 5.78 Å². The molecule has 0 radical (unpaired) electrons. The summed E-state index contributed by atoms with van der Waals surface area (Å²) < 4.78 is 32.0. The number of rotatable bonds is 5. The van der Waals surface area contributed by atoms with E-state index in [0.717, 1.165) is 35.5 Å². The smallest absolute Gasteiger partial charge is 0.277 e. The lowest BCUT2D eigenvalue weighted by Gasteiger charge is -2.01. The lowest BCUT2D eigenvalue weighted by atomic mass is 10.1. The zero-order valence-electron chi connectivity index (χ0n) is 11.7. The van der Waals surface area contributed by atoms with Crippen LogP contribution in [0.15, 0.2) is 58.2 Å². The van der Waals surface area contributed by atoms with Gasteiger partial charge in [0.1, 0.15) is 11.6 Å². The molecule has 3 rings (SSSR count). The summed E-state index contributed by atoms with van der Waals surface area (Å²) in [5, 5.41) is 7.90. The molecule has 0 atom stereocenters. The minimum atomic E-state index is -0.757. The van der Waals surface area contributed by atoms with Gasteiger partial charge in [-0.3, -0.25) is 4.79 Å². The molecule has 0 aliphatic heterocycles. The lowest BCUT2D eigenvalue weighted by molar-refractivity contribution is 0.101. The van der Waals surface area contributed by atoms with Crippen LogP contribution in [0.3, 0.4) is 0 Å². The summed E-state index contributed by atoms with van der Waals surface area (Å²) in [6.07, 6.45) is 0. The van der Waals surface area contributed by atoms with Crippen LogP contribution in [0.5, 0.6) is 0 Å². The summed E-state index contributed by atoms with van der Waals surface area (Å²) in [7, 11) is 0. The molecule has 0 fully saturated rings. The maximum Gasteiger partial charge on any atom is 0.277 e. The minimum Gasteiger partial charge on any atom is -0.411 e. The van der Waals surface area contributed by atoms with E-state index in [2.05, 4.69) is 10.2 Å². The van der Waals surface area contributed by atoms with Crippen molar-refractivity contribution in [2.75, 3.05) is 5.75 Å². The number of nitrogens with zero attached hydrogens (tertiary/aromatic N) is 2. The van der Waals surface area contributed by atoms with E-state index in [1.807, 2.05) is 30.3 Å². The van der Waals surface area contributed by atoms with Crippen molar-refractivity contribution in [3.05, 3.63) is 65.7 Å². The Morgan fingerprint density at radius 1 is 1.09 bits per heavy atom. The van der Waals surface area contributed by atoms with Crippen LogP contribution in [0.1, 0.15) is 10.4 Å². The minimum absolute atomic E-state index is 0.128. The molecule has 23 heavy (non-hydrogen) atoms. The summed E-state index contributed by atoms with van der Waals surface area (Å²) in [4.78, 5) is 12.0. The van der Waals surface area contributed by atoms with E-state index in [0.29, 0.717) is 5.89 Å². The number of ketones is 1. The Labute approximate surface area is 134 Å². The van der Waals surface area contributed by atoms with Crippen LogP contribution in [0.4, 0.5) is 8.78 Å². The van der Waals surface area contributed by atoms with Gasteiger partial charge in [-0.25, -0.2) is 8.78 Å². The summed E-state index contributed by atoms with van der Waals surface area (Å²) in [5.41, 5.74) is 0.467. The molecule has 0 saturated carbocycles. The van der Waals surface area contributed by atoms with Gasteiger partial charge in [0, 0.05) is 5.56 Å². The summed E-state index contributed by atoms with van der Waals surface area (Å²) in [6.45, 7) is 0. The molecule has 0 aliphatic carbocycles. The van der Waals surface area contributed by atoms with E-state index in [1.54, 1.807) is 0 Å². The Balaban J connectivity index is 1.68. The van der Waals surface area contributed by atoms with Gasteiger partial charge in [-0.15, -0.1) is 10.2 Å². The van der Waals surface area contributed by atoms with Crippen LogP contribution in [0.2, 0.25) is 0 Å². The number of halogens is 2.